The van der Waals surface area contributed by atoms with E-state index in [1.165, 1.54) is 19.3 Å². The van der Waals surface area contributed by atoms with Gasteiger partial charge < -0.3 is 15.0 Å². The van der Waals surface area contributed by atoms with Crippen LogP contribution in [0, 0.1) is 0 Å². The van der Waals surface area contributed by atoms with Crippen molar-refractivity contribution in [1.29, 1.82) is 0 Å². The number of H-pyrrole nitrogens is 1. The number of carbonyl (C=O) groups is 3. The van der Waals surface area contributed by atoms with E-state index in [4.69, 9.17) is 0 Å². The first kappa shape index (κ1) is 18.6. The van der Waals surface area contributed by atoms with E-state index in [9.17, 15) is 14.4 Å². The van der Waals surface area contributed by atoms with Crippen LogP contribution < -0.4 is 5.32 Å². The molecule has 1 saturated heterocycles. The van der Waals surface area contributed by atoms with Gasteiger partial charge >= 0.3 is 5.97 Å². The summed E-state index contributed by atoms with van der Waals surface area (Å²) in [5.74, 6) is -0.871. The number of nitrogens with zero attached hydrogens (tertiary/aromatic N) is 2. The second-order valence-corrected chi connectivity index (χ2v) is 6.35. The Morgan fingerprint density at radius 3 is 3.04 bits per heavy atom. The highest BCUT2D eigenvalue weighted by molar-refractivity contribution is 6.00. The predicted octanol–water partition coefficient (Wildman–Crippen LogP) is 1.40. The zero-order valence-corrected chi connectivity index (χ0v) is 15.1. The van der Waals surface area contributed by atoms with E-state index in [1.807, 2.05) is 6.07 Å². The molecule has 2 amide bonds. The van der Waals surface area contributed by atoms with Crippen LogP contribution in [0.4, 0.5) is 0 Å². The van der Waals surface area contributed by atoms with Crippen LogP contribution in [0.5, 0.6) is 0 Å². The summed E-state index contributed by atoms with van der Waals surface area (Å²) in [4.78, 5) is 38.2. The molecule has 3 rings (SSSR count). The van der Waals surface area contributed by atoms with Gasteiger partial charge in [-0.05, 0) is 31.4 Å². The Labute approximate surface area is 156 Å². The SMILES string of the molecule is COC(=O)/C=C/CNC(=O)C1CCCCN1C(=O)c1ccc2cn[nH]c2c1. The molecule has 0 aliphatic carbocycles. The summed E-state index contributed by atoms with van der Waals surface area (Å²) in [6, 6.07) is 4.83. The van der Waals surface area contributed by atoms with Crippen LogP contribution in [0.1, 0.15) is 29.6 Å². The lowest BCUT2D eigenvalue weighted by molar-refractivity contribution is -0.135. The van der Waals surface area contributed by atoms with Crippen molar-refractivity contribution in [2.75, 3.05) is 20.2 Å². The van der Waals surface area contributed by atoms with Gasteiger partial charge in [0.2, 0.25) is 5.91 Å². The summed E-state index contributed by atoms with van der Waals surface area (Å²) >= 11 is 0. The Balaban J connectivity index is 1.68. The summed E-state index contributed by atoms with van der Waals surface area (Å²) in [7, 11) is 1.29. The number of hydrogen-bond donors (Lipinski definition) is 2. The van der Waals surface area contributed by atoms with Crippen molar-refractivity contribution in [3.63, 3.8) is 0 Å². The van der Waals surface area contributed by atoms with E-state index in [0.717, 1.165) is 23.7 Å². The third-order valence-corrected chi connectivity index (χ3v) is 4.60. The third kappa shape index (κ3) is 4.33. The van der Waals surface area contributed by atoms with Crippen LogP contribution in [-0.2, 0) is 14.3 Å². The van der Waals surface area contributed by atoms with E-state index in [0.29, 0.717) is 18.5 Å². The normalized spacial score (nSPS) is 17.2. The molecule has 1 aromatic carbocycles. The zero-order chi connectivity index (χ0) is 19.2. The molecular weight excluding hydrogens is 348 g/mol. The lowest BCUT2D eigenvalue weighted by Crippen LogP contribution is -2.52. The van der Waals surface area contributed by atoms with Gasteiger partial charge in [-0.25, -0.2) is 4.79 Å². The van der Waals surface area contributed by atoms with Crippen molar-refractivity contribution in [2.45, 2.75) is 25.3 Å². The first-order chi connectivity index (χ1) is 13.1. The van der Waals surface area contributed by atoms with Crippen LogP contribution in [0.3, 0.4) is 0 Å². The fraction of sp³-hybridized carbons (Fsp3) is 0.368. The topological polar surface area (TPSA) is 104 Å². The molecule has 1 aliphatic rings. The van der Waals surface area contributed by atoms with Crippen molar-refractivity contribution >= 4 is 28.7 Å². The Kier molecular flexibility index (Phi) is 5.85. The molecule has 142 valence electrons. The standard InChI is InChI=1S/C19H22N4O4/c1-27-17(24)6-4-9-20-18(25)16-5-2-3-10-23(16)19(26)13-7-8-14-12-21-22-15(14)11-13/h4,6-8,11-12,16H,2-3,5,9-10H2,1H3,(H,20,25)(H,21,22)/b6-4+. The maximum absolute atomic E-state index is 13.0. The number of piperidine rings is 1. The van der Waals surface area contributed by atoms with Gasteiger partial charge in [-0.2, -0.15) is 5.10 Å². The number of esters is 1. The van der Waals surface area contributed by atoms with E-state index in [2.05, 4.69) is 20.3 Å². The second-order valence-electron chi connectivity index (χ2n) is 6.35. The van der Waals surface area contributed by atoms with E-state index in [1.54, 1.807) is 23.2 Å². The van der Waals surface area contributed by atoms with Crippen molar-refractivity contribution in [3.8, 4) is 0 Å². The Morgan fingerprint density at radius 1 is 1.37 bits per heavy atom. The number of ether oxygens (including phenoxy) is 1. The molecule has 2 aromatic rings. The van der Waals surface area contributed by atoms with Gasteiger partial charge in [0.1, 0.15) is 6.04 Å². The molecule has 27 heavy (non-hydrogen) atoms. The highest BCUT2D eigenvalue weighted by atomic mass is 16.5. The maximum atomic E-state index is 13.0. The lowest BCUT2D eigenvalue weighted by Gasteiger charge is -2.34. The summed E-state index contributed by atoms with van der Waals surface area (Å²) in [5.41, 5.74) is 1.31. The summed E-state index contributed by atoms with van der Waals surface area (Å²) in [6.45, 7) is 0.739. The number of aromatic amines is 1. The summed E-state index contributed by atoms with van der Waals surface area (Å²) < 4.78 is 4.50. The smallest absolute Gasteiger partial charge is 0.330 e. The molecule has 1 aromatic heterocycles. The van der Waals surface area contributed by atoms with Gasteiger partial charge in [0.15, 0.2) is 0 Å². The quantitative estimate of drug-likeness (QED) is 0.612. The van der Waals surface area contributed by atoms with E-state index >= 15 is 0 Å². The number of likely N-dealkylation sites (tertiary alicyclic amines) is 1. The number of nitrogens with one attached hydrogen (secondary N) is 2. The molecule has 1 unspecified atom stereocenters. The van der Waals surface area contributed by atoms with Crippen LogP contribution in [-0.4, -0.2) is 59.1 Å². The molecule has 0 saturated carbocycles. The molecular formula is C19H22N4O4. The third-order valence-electron chi connectivity index (χ3n) is 4.60. The fourth-order valence-corrected chi connectivity index (χ4v) is 3.18. The lowest BCUT2D eigenvalue weighted by atomic mass is 9.99. The monoisotopic (exact) mass is 370 g/mol. The molecule has 1 aliphatic heterocycles. The summed E-state index contributed by atoms with van der Waals surface area (Å²) in [5, 5.41) is 10.5. The average molecular weight is 370 g/mol. The number of hydrogen-bond acceptors (Lipinski definition) is 5. The van der Waals surface area contributed by atoms with Gasteiger partial charge in [-0.1, -0.05) is 12.1 Å². The Morgan fingerprint density at radius 2 is 2.22 bits per heavy atom. The molecule has 2 heterocycles. The molecule has 8 heteroatoms. The first-order valence-corrected chi connectivity index (χ1v) is 8.86. The van der Waals surface area contributed by atoms with Crippen LogP contribution in [0.15, 0.2) is 36.5 Å². The number of carbonyl (C=O) groups excluding carboxylic acids is 3. The first-order valence-electron chi connectivity index (χ1n) is 8.86. The molecule has 2 N–H and O–H groups in total. The van der Waals surface area contributed by atoms with Crippen LogP contribution in [0.25, 0.3) is 10.9 Å². The minimum atomic E-state index is -0.518. The number of benzene rings is 1. The highest BCUT2D eigenvalue weighted by Gasteiger charge is 2.32. The average Bonchev–Trinajstić information content (AvgIpc) is 3.18. The fourth-order valence-electron chi connectivity index (χ4n) is 3.18. The van der Waals surface area contributed by atoms with Gasteiger partial charge in [-0.3, -0.25) is 14.7 Å². The van der Waals surface area contributed by atoms with E-state index in [-0.39, 0.29) is 18.4 Å². The minimum absolute atomic E-state index is 0.170. The van der Waals surface area contributed by atoms with Gasteiger partial charge in [-0.15, -0.1) is 0 Å². The molecule has 8 nitrogen and oxygen atoms in total. The number of amides is 2. The Hall–Kier alpha value is -3.16. The van der Waals surface area contributed by atoms with Crippen LogP contribution in [0.2, 0.25) is 0 Å². The van der Waals surface area contributed by atoms with Crippen molar-refractivity contribution in [3.05, 3.63) is 42.1 Å². The number of rotatable bonds is 5. The van der Waals surface area contributed by atoms with Crippen molar-refractivity contribution in [1.82, 2.24) is 20.4 Å². The zero-order valence-electron chi connectivity index (χ0n) is 15.1. The van der Waals surface area contributed by atoms with Crippen LogP contribution >= 0.6 is 0 Å². The molecule has 0 spiro atoms. The molecule has 1 atom stereocenters. The number of fused-ring (bicyclic) bond motifs is 1. The maximum Gasteiger partial charge on any atom is 0.330 e. The molecule has 1 fully saturated rings. The number of aromatic nitrogens is 2. The largest absolute Gasteiger partial charge is 0.466 e. The minimum Gasteiger partial charge on any atom is -0.466 e. The molecule has 0 radical (unpaired) electrons. The van der Waals surface area contributed by atoms with Crippen molar-refractivity contribution in [2.24, 2.45) is 0 Å². The van der Waals surface area contributed by atoms with Gasteiger partial charge in [0.05, 0.1) is 18.8 Å². The number of methoxy groups -OCH3 is 1. The summed E-state index contributed by atoms with van der Waals surface area (Å²) in [6.07, 6.45) is 6.84. The second kappa shape index (κ2) is 8.48. The predicted molar refractivity (Wildman–Crippen MR) is 98.9 cm³/mol. The van der Waals surface area contributed by atoms with Crippen molar-refractivity contribution < 1.29 is 19.1 Å². The molecule has 0 bridgehead atoms. The van der Waals surface area contributed by atoms with E-state index < -0.39 is 12.0 Å². The van der Waals surface area contributed by atoms with Gasteiger partial charge in [0, 0.05) is 30.1 Å². The van der Waals surface area contributed by atoms with Gasteiger partial charge in [0.25, 0.3) is 5.91 Å². The highest BCUT2D eigenvalue weighted by Crippen LogP contribution is 2.21. The Bertz CT molecular complexity index is 873.